The predicted molar refractivity (Wildman–Crippen MR) is 113 cm³/mol. The summed E-state index contributed by atoms with van der Waals surface area (Å²) >= 11 is 0. The molecule has 0 amide bonds. The van der Waals surface area contributed by atoms with Gasteiger partial charge in [0.1, 0.15) is 12.0 Å². The summed E-state index contributed by atoms with van der Waals surface area (Å²) in [4.78, 5) is 13.0. The number of aromatic nitrogens is 3. The van der Waals surface area contributed by atoms with Crippen LogP contribution < -0.4 is 9.80 Å². The highest BCUT2D eigenvalue weighted by atomic mass is 15.4. The van der Waals surface area contributed by atoms with Crippen LogP contribution in [0.1, 0.15) is 28.0 Å². The standard InChI is InChI=1S/C23H21N5/c1-14-10-11-18-16(13-21-25-17-7-4-5-8-19(17)28(18)21)22(14)27-15(2)26(3)20-9-6-12-24-23(20)27/h4-12,15H,13H2,1-3H3/t15-/m0/s1/i3D3. The molecule has 1 atom stereocenters. The van der Waals surface area contributed by atoms with Gasteiger partial charge in [0, 0.05) is 29.3 Å². The Bertz CT molecular complexity index is 1360. The SMILES string of the molecule is [2H]C([2H])([2H])N1c2cccnc2N(c2c(C)ccc3c2Cc2nc4ccccc4n2-3)[C@H]1C. The fraction of sp³-hybridized carbons (Fsp3) is 0.217. The van der Waals surface area contributed by atoms with Crippen molar-refractivity contribution in [2.24, 2.45) is 0 Å². The molecule has 2 aliphatic heterocycles. The lowest BCUT2D eigenvalue weighted by molar-refractivity contribution is 0.727. The molecule has 6 rings (SSSR count). The van der Waals surface area contributed by atoms with Gasteiger partial charge in [0.05, 0.1) is 28.1 Å². The number of anilines is 3. The number of nitrogens with zero attached hydrogens (tertiary/aromatic N) is 5. The van der Waals surface area contributed by atoms with Crippen LogP contribution in [-0.4, -0.2) is 27.7 Å². The molecule has 4 aromatic rings. The molecule has 138 valence electrons. The molecule has 0 radical (unpaired) electrons. The van der Waals surface area contributed by atoms with E-state index in [0.29, 0.717) is 17.9 Å². The smallest absolute Gasteiger partial charge is 0.158 e. The Hall–Kier alpha value is -3.34. The van der Waals surface area contributed by atoms with Crippen molar-refractivity contribution in [1.29, 1.82) is 0 Å². The molecule has 2 aliphatic rings. The van der Waals surface area contributed by atoms with Crippen LogP contribution in [0.4, 0.5) is 17.2 Å². The molecule has 5 heteroatoms. The molecule has 0 saturated carbocycles. The van der Waals surface area contributed by atoms with E-state index >= 15 is 0 Å². The minimum atomic E-state index is -2.26. The van der Waals surface area contributed by atoms with Gasteiger partial charge in [-0.05, 0) is 49.7 Å². The van der Waals surface area contributed by atoms with E-state index in [1.54, 1.807) is 12.3 Å². The van der Waals surface area contributed by atoms with E-state index in [4.69, 9.17) is 9.10 Å². The van der Waals surface area contributed by atoms with Crippen molar-refractivity contribution in [3.63, 3.8) is 0 Å². The van der Waals surface area contributed by atoms with Gasteiger partial charge in [0.2, 0.25) is 0 Å². The zero-order valence-electron chi connectivity index (χ0n) is 18.7. The molecule has 0 aliphatic carbocycles. The van der Waals surface area contributed by atoms with Gasteiger partial charge >= 0.3 is 0 Å². The number of benzene rings is 2. The first-order valence-electron chi connectivity index (χ1n) is 11.0. The van der Waals surface area contributed by atoms with Crippen molar-refractivity contribution in [2.75, 3.05) is 16.8 Å². The first kappa shape index (κ1) is 12.9. The lowest BCUT2D eigenvalue weighted by Crippen LogP contribution is -2.36. The number of hydrogen-bond acceptors (Lipinski definition) is 4. The molecule has 2 aromatic heterocycles. The van der Waals surface area contributed by atoms with Crippen LogP contribution in [0.3, 0.4) is 0 Å². The first-order chi connectivity index (χ1) is 14.9. The van der Waals surface area contributed by atoms with Crippen LogP contribution in [0.2, 0.25) is 0 Å². The minimum absolute atomic E-state index is 0.396. The van der Waals surface area contributed by atoms with Crippen molar-refractivity contribution in [1.82, 2.24) is 14.5 Å². The summed E-state index contributed by atoms with van der Waals surface area (Å²) < 4.78 is 26.6. The van der Waals surface area contributed by atoms with E-state index in [9.17, 15) is 0 Å². The van der Waals surface area contributed by atoms with E-state index in [0.717, 1.165) is 39.4 Å². The Morgan fingerprint density at radius 1 is 1.07 bits per heavy atom. The Balaban J connectivity index is 1.58. The molecule has 0 fully saturated rings. The molecular formula is C23H21N5. The molecule has 0 spiro atoms. The third-order valence-electron chi connectivity index (χ3n) is 5.91. The lowest BCUT2D eigenvalue weighted by Gasteiger charge is -2.30. The molecule has 0 saturated heterocycles. The van der Waals surface area contributed by atoms with Crippen LogP contribution >= 0.6 is 0 Å². The fourth-order valence-electron chi connectivity index (χ4n) is 4.63. The van der Waals surface area contributed by atoms with Crippen LogP contribution in [0.25, 0.3) is 16.7 Å². The Kier molecular flexibility index (Phi) is 2.47. The van der Waals surface area contributed by atoms with Gasteiger partial charge in [0.15, 0.2) is 5.82 Å². The number of pyridine rings is 1. The predicted octanol–water partition coefficient (Wildman–Crippen LogP) is 4.57. The Morgan fingerprint density at radius 3 is 2.86 bits per heavy atom. The summed E-state index contributed by atoms with van der Waals surface area (Å²) in [5.74, 6) is 1.68. The summed E-state index contributed by atoms with van der Waals surface area (Å²) in [6, 6.07) is 16.0. The Labute approximate surface area is 168 Å². The van der Waals surface area contributed by atoms with Gasteiger partial charge in [-0.3, -0.25) is 4.57 Å². The second-order valence-electron chi connectivity index (χ2n) is 7.48. The van der Waals surface area contributed by atoms with Crippen molar-refractivity contribution in [2.45, 2.75) is 26.4 Å². The summed E-state index contributed by atoms with van der Waals surface area (Å²) in [6.07, 6.45) is 2.02. The molecule has 0 unspecified atom stereocenters. The largest absolute Gasteiger partial charge is 0.351 e. The third kappa shape index (κ3) is 1.86. The molecular weight excluding hydrogens is 346 g/mol. The highest BCUT2D eigenvalue weighted by Gasteiger charge is 2.37. The summed E-state index contributed by atoms with van der Waals surface area (Å²) in [6.45, 7) is 1.73. The van der Waals surface area contributed by atoms with Crippen LogP contribution in [-0.2, 0) is 6.42 Å². The fourth-order valence-corrected chi connectivity index (χ4v) is 4.63. The first-order valence-corrected chi connectivity index (χ1v) is 9.49. The second-order valence-corrected chi connectivity index (χ2v) is 7.48. The zero-order valence-corrected chi connectivity index (χ0v) is 15.7. The van der Waals surface area contributed by atoms with Gasteiger partial charge in [-0.25, -0.2) is 9.97 Å². The molecule has 0 N–H and O–H groups in total. The number of para-hydroxylation sites is 2. The number of fused-ring (bicyclic) bond motifs is 6. The second kappa shape index (κ2) is 5.35. The van der Waals surface area contributed by atoms with Crippen molar-refractivity contribution < 1.29 is 4.11 Å². The molecule has 4 heterocycles. The van der Waals surface area contributed by atoms with Gasteiger partial charge in [-0.1, -0.05) is 18.2 Å². The minimum Gasteiger partial charge on any atom is -0.351 e. The maximum absolute atomic E-state index is 8.11. The maximum atomic E-state index is 8.11. The quantitative estimate of drug-likeness (QED) is 0.433. The molecule has 2 aromatic carbocycles. The average Bonchev–Trinajstić information content (AvgIpc) is 3.35. The lowest BCUT2D eigenvalue weighted by atomic mass is 10.0. The number of rotatable bonds is 1. The van der Waals surface area contributed by atoms with Crippen LogP contribution in [0.15, 0.2) is 54.7 Å². The van der Waals surface area contributed by atoms with E-state index in [1.807, 2.05) is 31.2 Å². The van der Waals surface area contributed by atoms with Crippen LogP contribution in [0.5, 0.6) is 0 Å². The van der Waals surface area contributed by atoms with Crippen molar-refractivity contribution in [3.8, 4) is 5.69 Å². The molecule has 5 nitrogen and oxygen atoms in total. The summed E-state index contributed by atoms with van der Waals surface area (Å²) in [7, 11) is 0. The normalized spacial score (nSPS) is 19.2. The molecule has 0 bridgehead atoms. The Morgan fingerprint density at radius 2 is 1.96 bits per heavy atom. The van der Waals surface area contributed by atoms with Gasteiger partial charge in [0.25, 0.3) is 0 Å². The highest BCUT2D eigenvalue weighted by Crippen LogP contribution is 2.47. The van der Waals surface area contributed by atoms with Gasteiger partial charge in [-0.15, -0.1) is 0 Å². The van der Waals surface area contributed by atoms with Crippen molar-refractivity contribution >= 4 is 28.2 Å². The van der Waals surface area contributed by atoms with Gasteiger partial charge < -0.3 is 9.80 Å². The summed E-state index contributed by atoms with van der Waals surface area (Å²) in [5.41, 5.74) is 7.07. The highest BCUT2D eigenvalue weighted by molar-refractivity contribution is 5.87. The summed E-state index contributed by atoms with van der Waals surface area (Å²) in [5, 5.41) is 0. The zero-order chi connectivity index (χ0) is 21.5. The van der Waals surface area contributed by atoms with E-state index in [-0.39, 0.29) is 0 Å². The van der Waals surface area contributed by atoms with E-state index < -0.39 is 13.1 Å². The number of hydrogen-bond donors (Lipinski definition) is 0. The number of aryl methyl sites for hydroxylation is 1. The monoisotopic (exact) mass is 370 g/mol. The van der Waals surface area contributed by atoms with Crippen molar-refractivity contribution in [3.05, 3.63) is 71.7 Å². The average molecular weight is 370 g/mol. The topological polar surface area (TPSA) is 37.2 Å². The number of imidazole rings is 1. The third-order valence-corrected chi connectivity index (χ3v) is 5.91. The van der Waals surface area contributed by atoms with E-state index in [1.165, 1.54) is 4.90 Å². The van der Waals surface area contributed by atoms with Gasteiger partial charge in [-0.2, -0.15) is 0 Å². The van der Waals surface area contributed by atoms with Crippen LogP contribution in [0, 0.1) is 6.92 Å². The van der Waals surface area contributed by atoms with E-state index in [2.05, 4.69) is 39.6 Å². The molecule has 28 heavy (non-hydrogen) atoms. The maximum Gasteiger partial charge on any atom is 0.158 e.